The molecule has 0 radical (unpaired) electrons. The molecule has 3 N–H and O–H groups in total. The molecule has 0 atom stereocenters. The van der Waals surface area contributed by atoms with Gasteiger partial charge in [0.15, 0.2) is 0 Å². The summed E-state index contributed by atoms with van der Waals surface area (Å²) in [6.45, 7) is 0. The Morgan fingerprint density at radius 2 is 2.20 bits per heavy atom. The molecule has 1 saturated carbocycles. The number of nitrogen functional groups attached to an aromatic ring is 1. The first-order chi connectivity index (χ1) is 7.25. The maximum Gasteiger partial charge on any atom is 0.230 e. The third-order valence-corrected chi connectivity index (χ3v) is 3.31. The average Bonchev–Trinajstić information content (AvgIpc) is 3.00. The van der Waals surface area contributed by atoms with E-state index < -0.39 is 0 Å². The summed E-state index contributed by atoms with van der Waals surface area (Å²) < 4.78 is 0. The van der Waals surface area contributed by atoms with Crippen LogP contribution >= 0.6 is 11.8 Å². The predicted octanol–water partition coefficient (Wildman–Crippen LogP) is 1.64. The highest BCUT2D eigenvalue weighted by atomic mass is 32.2. The second-order valence-corrected chi connectivity index (χ2v) is 4.69. The van der Waals surface area contributed by atoms with Crippen LogP contribution in [0, 0.1) is 0 Å². The van der Waals surface area contributed by atoms with Crippen LogP contribution in [0.2, 0.25) is 0 Å². The topological polar surface area (TPSA) is 55.1 Å². The number of nitrogens with one attached hydrogen (secondary N) is 1. The molecule has 15 heavy (non-hydrogen) atoms. The van der Waals surface area contributed by atoms with Crippen molar-refractivity contribution in [3.05, 3.63) is 24.3 Å². The van der Waals surface area contributed by atoms with E-state index in [9.17, 15) is 4.79 Å². The molecular weight excluding hydrogens is 208 g/mol. The monoisotopic (exact) mass is 222 g/mol. The lowest BCUT2D eigenvalue weighted by molar-refractivity contribution is -0.118. The fourth-order valence-corrected chi connectivity index (χ4v) is 2.03. The number of hydrogen-bond acceptors (Lipinski definition) is 3. The number of thioether (sulfide) groups is 1. The maximum absolute atomic E-state index is 11.4. The summed E-state index contributed by atoms with van der Waals surface area (Å²) in [5, 5.41) is 2.94. The standard InChI is InChI=1S/C11H14N2OS/c12-9-3-1-2-4-10(9)15-7-11(14)13-8-5-6-8/h1-4,8H,5-7,12H2,(H,13,14). The number of anilines is 1. The molecule has 0 aliphatic heterocycles. The van der Waals surface area contributed by atoms with Crippen molar-refractivity contribution < 1.29 is 4.79 Å². The lowest BCUT2D eigenvalue weighted by atomic mass is 10.3. The zero-order valence-electron chi connectivity index (χ0n) is 8.40. The van der Waals surface area contributed by atoms with Crippen LogP contribution in [0.25, 0.3) is 0 Å². The zero-order valence-corrected chi connectivity index (χ0v) is 9.22. The first-order valence-corrected chi connectivity index (χ1v) is 6.01. The highest BCUT2D eigenvalue weighted by molar-refractivity contribution is 8.00. The molecule has 0 heterocycles. The Morgan fingerprint density at radius 1 is 1.47 bits per heavy atom. The van der Waals surface area contributed by atoms with E-state index in [4.69, 9.17) is 5.73 Å². The molecule has 1 aromatic rings. The summed E-state index contributed by atoms with van der Waals surface area (Å²) in [5.41, 5.74) is 6.51. The number of rotatable bonds is 4. The van der Waals surface area contributed by atoms with E-state index in [-0.39, 0.29) is 5.91 Å². The number of carbonyl (C=O) groups excluding carboxylic acids is 1. The minimum Gasteiger partial charge on any atom is -0.398 e. The molecule has 3 nitrogen and oxygen atoms in total. The maximum atomic E-state index is 11.4. The molecule has 2 rings (SSSR count). The van der Waals surface area contributed by atoms with Crippen LogP contribution in [-0.2, 0) is 4.79 Å². The van der Waals surface area contributed by atoms with Gasteiger partial charge < -0.3 is 11.1 Å². The summed E-state index contributed by atoms with van der Waals surface area (Å²) in [6, 6.07) is 8.04. The van der Waals surface area contributed by atoms with Gasteiger partial charge >= 0.3 is 0 Å². The van der Waals surface area contributed by atoms with Gasteiger partial charge in [-0.2, -0.15) is 0 Å². The van der Waals surface area contributed by atoms with Crippen LogP contribution in [0.15, 0.2) is 29.2 Å². The number of amides is 1. The third-order valence-electron chi connectivity index (χ3n) is 2.22. The average molecular weight is 222 g/mol. The molecule has 1 fully saturated rings. The molecular formula is C11H14N2OS. The normalized spacial score (nSPS) is 14.9. The van der Waals surface area contributed by atoms with E-state index in [2.05, 4.69) is 5.32 Å². The van der Waals surface area contributed by atoms with Crippen LogP contribution in [0.4, 0.5) is 5.69 Å². The van der Waals surface area contributed by atoms with E-state index in [0.29, 0.717) is 11.8 Å². The van der Waals surface area contributed by atoms with Crippen LogP contribution in [-0.4, -0.2) is 17.7 Å². The van der Waals surface area contributed by atoms with Crippen LogP contribution in [0.1, 0.15) is 12.8 Å². The van der Waals surface area contributed by atoms with E-state index in [1.54, 1.807) is 0 Å². The molecule has 0 bridgehead atoms. The Morgan fingerprint density at radius 3 is 2.87 bits per heavy atom. The van der Waals surface area contributed by atoms with Crippen LogP contribution < -0.4 is 11.1 Å². The van der Waals surface area contributed by atoms with Crippen molar-refractivity contribution in [3.63, 3.8) is 0 Å². The van der Waals surface area contributed by atoms with Gasteiger partial charge in [-0.15, -0.1) is 11.8 Å². The molecule has 0 unspecified atom stereocenters. The van der Waals surface area contributed by atoms with Crippen molar-refractivity contribution in [3.8, 4) is 0 Å². The van der Waals surface area contributed by atoms with E-state index >= 15 is 0 Å². The molecule has 1 aliphatic rings. The zero-order chi connectivity index (χ0) is 10.7. The Labute approximate surface area is 93.4 Å². The Kier molecular flexibility index (Phi) is 3.16. The van der Waals surface area contributed by atoms with Gasteiger partial charge in [-0.3, -0.25) is 4.79 Å². The van der Waals surface area contributed by atoms with Crippen molar-refractivity contribution in [2.75, 3.05) is 11.5 Å². The van der Waals surface area contributed by atoms with Gasteiger partial charge in [0.25, 0.3) is 0 Å². The molecule has 4 heteroatoms. The molecule has 0 saturated heterocycles. The number of carbonyl (C=O) groups is 1. The quantitative estimate of drug-likeness (QED) is 0.601. The summed E-state index contributed by atoms with van der Waals surface area (Å²) in [4.78, 5) is 12.4. The highest BCUT2D eigenvalue weighted by Gasteiger charge is 2.22. The highest BCUT2D eigenvalue weighted by Crippen LogP contribution is 2.24. The lowest BCUT2D eigenvalue weighted by Gasteiger charge is -2.05. The number of hydrogen-bond donors (Lipinski definition) is 2. The molecule has 0 spiro atoms. The Hall–Kier alpha value is -1.16. The van der Waals surface area contributed by atoms with Gasteiger partial charge in [-0.05, 0) is 25.0 Å². The third kappa shape index (κ3) is 3.16. The summed E-state index contributed by atoms with van der Waals surface area (Å²) >= 11 is 1.49. The molecule has 1 aromatic carbocycles. The van der Waals surface area contributed by atoms with Crippen LogP contribution in [0.5, 0.6) is 0 Å². The molecule has 1 aliphatic carbocycles. The van der Waals surface area contributed by atoms with Crippen molar-refractivity contribution in [2.45, 2.75) is 23.8 Å². The van der Waals surface area contributed by atoms with E-state index in [1.807, 2.05) is 24.3 Å². The first kappa shape index (κ1) is 10.4. The van der Waals surface area contributed by atoms with Crippen molar-refractivity contribution >= 4 is 23.4 Å². The van der Waals surface area contributed by atoms with Gasteiger partial charge in [0.05, 0.1) is 5.75 Å². The SMILES string of the molecule is Nc1ccccc1SCC(=O)NC1CC1. The van der Waals surface area contributed by atoms with Gasteiger partial charge in [0.1, 0.15) is 0 Å². The Balaban J connectivity index is 1.81. The van der Waals surface area contributed by atoms with E-state index in [1.165, 1.54) is 11.8 Å². The fourth-order valence-electron chi connectivity index (χ4n) is 1.25. The summed E-state index contributed by atoms with van der Waals surface area (Å²) in [6.07, 6.45) is 2.26. The lowest BCUT2D eigenvalue weighted by Crippen LogP contribution is -2.26. The van der Waals surface area contributed by atoms with Gasteiger partial charge in [0.2, 0.25) is 5.91 Å². The second-order valence-electron chi connectivity index (χ2n) is 3.67. The van der Waals surface area contributed by atoms with Gasteiger partial charge in [-0.1, -0.05) is 12.1 Å². The van der Waals surface area contributed by atoms with Crippen molar-refractivity contribution in [2.24, 2.45) is 0 Å². The van der Waals surface area contributed by atoms with Crippen molar-refractivity contribution in [1.29, 1.82) is 0 Å². The van der Waals surface area contributed by atoms with E-state index in [0.717, 1.165) is 23.4 Å². The van der Waals surface area contributed by atoms with Crippen LogP contribution in [0.3, 0.4) is 0 Å². The second kappa shape index (κ2) is 4.57. The minimum absolute atomic E-state index is 0.103. The predicted molar refractivity (Wildman–Crippen MR) is 62.7 cm³/mol. The largest absolute Gasteiger partial charge is 0.398 e. The van der Waals surface area contributed by atoms with Crippen molar-refractivity contribution in [1.82, 2.24) is 5.32 Å². The minimum atomic E-state index is 0.103. The summed E-state index contributed by atoms with van der Waals surface area (Å²) in [5.74, 6) is 0.552. The first-order valence-electron chi connectivity index (χ1n) is 5.02. The number of nitrogens with two attached hydrogens (primary N) is 1. The fraction of sp³-hybridized carbons (Fsp3) is 0.364. The Bertz CT molecular complexity index is 363. The number of benzene rings is 1. The summed E-state index contributed by atoms with van der Waals surface area (Å²) in [7, 11) is 0. The molecule has 80 valence electrons. The van der Waals surface area contributed by atoms with Gasteiger partial charge in [0, 0.05) is 16.6 Å². The smallest absolute Gasteiger partial charge is 0.230 e. The molecule has 0 aromatic heterocycles. The van der Waals surface area contributed by atoms with Gasteiger partial charge in [-0.25, -0.2) is 0 Å². The molecule has 1 amide bonds. The number of para-hydroxylation sites is 1.